The van der Waals surface area contributed by atoms with Gasteiger partial charge in [0, 0.05) is 0 Å². The van der Waals surface area contributed by atoms with Crippen LogP contribution in [0.5, 0.6) is 28.7 Å². The van der Waals surface area contributed by atoms with E-state index in [0.29, 0.717) is 0 Å². The summed E-state index contributed by atoms with van der Waals surface area (Å²) >= 11 is 0. The van der Waals surface area contributed by atoms with Gasteiger partial charge in [-0.3, -0.25) is 0 Å². The van der Waals surface area contributed by atoms with Crippen LogP contribution in [0.1, 0.15) is 10.4 Å². The van der Waals surface area contributed by atoms with E-state index in [9.17, 15) is 40.5 Å². The lowest BCUT2D eigenvalue weighted by molar-refractivity contribution is -0.318. The number of aromatic hydroxyl groups is 2. The fourth-order valence-corrected chi connectivity index (χ4v) is 4.29. The second-order valence-electron chi connectivity index (χ2n) is 9.45. The van der Waals surface area contributed by atoms with Crippen LogP contribution in [0.15, 0.2) is 36.4 Å². The highest BCUT2D eigenvalue weighted by Gasteiger charge is 2.54. The molecule has 2 heterocycles. The predicted molar refractivity (Wildman–Crippen MR) is 134 cm³/mol. The first-order valence-corrected chi connectivity index (χ1v) is 12.4. The molecule has 2 aliphatic heterocycles. The van der Waals surface area contributed by atoms with Gasteiger partial charge in [0.2, 0.25) is 12.0 Å². The van der Waals surface area contributed by atoms with Gasteiger partial charge in [-0.15, -0.1) is 0 Å². The fraction of sp³-hybridized carbons (Fsp3) is 0.500. The zero-order chi connectivity index (χ0) is 29.9. The summed E-state index contributed by atoms with van der Waals surface area (Å²) in [6.45, 7) is -1.96. The Labute approximate surface area is 233 Å². The van der Waals surface area contributed by atoms with Crippen LogP contribution < -0.4 is 14.2 Å². The first-order chi connectivity index (χ1) is 19.5. The van der Waals surface area contributed by atoms with Crippen LogP contribution >= 0.6 is 0 Å². The monoisotopic (exact) mass is 584 g/mol. The Morgan fingerprint density at radius 3 is 2.22 bits per heavy atom. The number of esters is 1. The van der Waals surface area contributed by atoms with Crippen molar-refractivity contribution in [2.45, 2.75) is 48.7 Å². The number of rotatable bonds is 10. The molecule has 15 heteroatoms. The standard InChI is InChI=1S/C26H32O15/c1-35-15-7-12(8-16(36-2)18(15)29)23(33)37-10-26(34)11-38-25(22(26)32)41-21-20(31)19(30)17(9-27)40-24(21)39-14-5-3-13(28)4-6-14/h3-8,17,19-22,24-25,27-32,34H,9-11H2,1-2H3/t17-,19-,20+,21+,22+,24-,25+,26+/m1/s1. The van der Waals surface area contributed by atoms with Gasteiger partial charge in [0.1, 0.15) is 42.5 Å². The van der Waals surface area contributed by atoms with Crippen LogP contribution in [0.4, 0.5) is 0 Å². The molecule has 0 aliphatic carbocycles. The predicted octanol–water partition coefficient (Wildman–Crippen LogP) is -1.38. The third-order valence-electron chi connectivity index (χ3n) is 6.68. The zero-order valence-electron chi connectivity index (χ0n) is 22.0. The van der Waals surface area contributed by atoms with Crippen LogP contribution in [0.25, 0.3) is 0 Å². The van der Waals surface area contributed by atoms with Crippen molar-refractivity contribution in [1.82, 2.24) is 0 Å². The van der Waals surface area contributed by atoms with E-state index in [2.05, 4.69) is 0 Å². The zero-order valence-corrected chi connectivity index (χ0v) is 22.0. The van der Waals surface area contributed by atoms with Gasteiger partial charge < -0.3 is 68.9 Å². The van der Waals surface area contributed by atoms with Crippen molar-refractivity contribution >= 4 is 5.97 Å². The summed E-state index contributed by atoms with van der Waals surface area (Å²) in [6, 6.07) is 7.85. The van der Waals surface area contributed by atoms with E-state index in [-0.39, 0.29) is 34.3 Å². The average Bonchev–Trinajstić information content (AvgIpc) is 3.25. The maximum Gasteiger partial charge on any atom is 0.338 e. The molecule has 0 amide bonds. The smallest absolute Gasteiger partial charge is 0.338 e. The Kier molecular flexibility index (Phi) is 9.41. The normalized spacial score (nSPS) is 31.4. The molecule has 2 saturated heterocycles. The summed E-state index contributed by atoms with van der Waals surface area (Å²) in [7, 11) is 2.55. The summed E-state index contributed by atoms with van der Waals surface area (Å²) < 4.78 is 37.5. The van der Waals surface area contributed by atoms with Crippen LogP contribution in [-0.4, -0.2) is 124 Å². The lowest BCUT2D eigenvalue weighted by Crippen LogP contribution is -2.62. The van der Waals surface area contributed by atoms with E-state index in [1.165, 1.54) is 50.6 Å². The van der Waals surface area contributed by atoms with Crippen LogP contribution in [0.2, 0.25) is 0 Å². The molecule has 226 valence electrons. The maximum absolute atomic E-state index is 12.7. The van der Waals surface area contributed by atoms with Crippen molar-refractivity contribution in [1.29, 1.82) is 0 Å². The van der Waals surface area contributed by atoms with Crippen molar-refractivity contribution in [3.63, 3.8) is 0 Å². The van der Waals surface area contributed by atoms with E-state index < -0.39 is 74.5 Å². The van der Waals surface area contributed by atoms with Gasteiger partial charge in [0.15, 0.2) is 29.5 Å². The molecule has 7 N–H and O–H groups in total. The Bertz CT molecular complexity index is 1160. The Hall–Kier alpha value is -3.41. The molecule has 15 nitrogen and oxygen atoms in total. The molecule has 0 bridgehead atoms. The maximum atomic E-state index is 12.7. The topological polar surface area (TPSA) is 223 Å². The minimum absolute atomic E-state index is 0.0374. The number of hydrogen-bond donors (Lipinski definition) is 7. The summed E-state index contributed by atoms with van der Waals surface area (Å²) in [5, 5.41) is 72.0. The molecule has 2 fully saturated rings. The highest BCUT2D eigenvalue weighted by atomic mass is 16.8. The molecule has 2 aromatic carbocycles. The summed E-state index contributed by atoms with van der Waals surface area (Å²) in [4.78, 5) is 12.7. The van der Waals surface area contributed by atoms with E-state index in [4.69, 9.17) is 33.2 Å². The number of aliphatic hydroxyl groups is 5. The highest BCUT2D eigenvalue weighted by Crippen LogP contribution is 2.38. The molecule has 0 aromatic heterocycles. The molecular formula is C26H32O15. The molecule has 41 heavy (non-hydrogen) atoms. The van der Waals surface area contributed by atoms with Crippen molar-refractivity contribution in [2.24, 2.45) is 0 Å². The molecule has 0 unspecified atom stereocenters. The van der Waals surface area contributed by atoms with Crippen molar-refractivity contribution in [3.8, 4) is 28.7 Å². The van der Waals surface area contributed by atoms with Gasteiger partial charge >= 0.3 is 5.97 Å². The van der Waals surface area contributed by atoms with Crippen molar-refractivity contribution in [2.75, 3.05) is 34.0 Å². The van der Waals surface area contributed by atoms with Crippen LogP contribution in [0.3, 0.4) is 0 Å². The van der Waals surface area contributed by atoms with E-state index >= 15 is 0 Å². The number of carbonyl (C=O) groups is 1. The minimum Gasteiger partial charge on any atom is -0.508 e. The summed E-state index contributed by atoms with van der Waals surface area (Å²) in [6.07, 6.45) is -10.9. The van der Waals surface area contributed by atoms with Gasteiger partial charge in [0.05, 0.1) is 33.0 Å². The molecule has 8 atom stereocenters. The van der Waals surface area contributed by atoms with Gasteiger partial charge in [-0.25, -0.2) is 4.79 Å². The number of benzene rings is 2. The third-order valence-corrected chi connectivity index (χ3v) is 6.68. The van der Waals surface area contributed by atoms with Crippen molar-refractivity contribution < 1.29 is 73.7 Å². The fourth-order valence-electron chi connectivity index (χ4n) is 4.29. The number of phenolic OH excluding ortho intramolecular Hbond substituents is 2. The third kappa shape index (κ3) is 6.42. The number of ether oxygens (including phenoxy) is 7. The number of phenols is 2. The molecule has 2 aliphatic rings. The first-order valence-electron chi connectivity index (χ1n) is 12.4. The summed E-state index contributed by atoms with van der Waals surface area (Å²) in [5.41, 5.74) is -2.23. The number of hydrogen-bond acceptors (Lipinski definition) is 15. The second kappa shape index (κ2) is 12.6. The van der Waals surface area contributed by atoms with E-state index in [1.54, 1.807) is 0 Å². The first kappa shape index (κ1) is 30.5. The van der Waals surface area contributed by atoms with Crippen LogP contribution in [-0.2, 0) is 18.9 Å². The Balaban J connectivity index is 1.44. The number of aliphatic hydroxyl groups excluding tert-OH is 4. The molecule has 4 rings (SSSR count). The lowest BCUT2D eigenvalue weighted by atomic mass is 9.98. The summed E-state index contributed by atoms with van der Waals surface area (Å²) in [5.74, 6) is -1.25. The van der Waals surface area contributed by atoms with E-state index in [0.717, 1.165) is 0 Å². The molecular weight excluding hydrogens is 552 g/mol. The van der Waals surface area contributed by atoms with Gasteiger partial charge in [-0.1, -0.05) is 0 Å². The molecule has 0 spiro atoms. The molecule has 0 saturated carbocycles. The SMILES string of the molecule is COc1cc(C(=O)OC[C@]2(O)CO[C@@H](O[C@@H]3[C@H](Oc4ccc(O)cc4)O[C@H](CO)[C@@H](O)[C@@H]3O)[C@@H]2O)cc(OC)c1O. The molecule has 2 aromatic rings. The second-order valence-corrected chi connectivity index (χ2v) is 9.45. The number of methoxy groups -OCH3 is 2. The van der Waals surface area contributed by atoms with Gasteiger partial charge in [0.25, 0.3) is 0 Å². The van der Waals surface area contributed by atoms with Gasteiger partial charge in [-0.05, 0) is 36.4 Å². The number of carbonyl (C=O) groups excluding carboxylic acids is 1. The minimum atomic E-state index is -2.15. The van der Waals surface area contributed by atoms with Gasteiger partial charge in [-0.2, -0.15) is 0 Å². The van der Waals surface area contributed by atoms with Crippen molar-refractivity contribution in [3.05, 3.63) is 42.0 Å². The Morgan fingerprint density at radius 2 is 1.63 bits per heavy atom. The average molecular weight is 585 g/mol. The van der Waals surface area contributed by atoms with E-state index in [1.807, 2.05) is 0 Å². The quantitative estimate of drug-likeness (QED) is 0.160. The lowest BCUT2D eigenvalue weighted by Gasteiger charge is -2.42. The highest BCUT2D eigenvalue weighted by molar-refractivity contribution is 5.91. The largest absolute Gasteiger partial charge is 0.508 e. The molecule has 0 radical (unpaired) electrons. The van der Waals surface area contributed by atoms with Crippen LogP contribution in [0, 0.1) is 0 Å². The Morgan fingerprint density at radius 1 is 1.00 bits per heavy atom.